The fourth-order valence-corrected chi connectivity index (χ4v) is 4.74. The van der Waals surface area contributed by atoms with Crippen molar-refractivity contribution in [2.75, 3.05) is 11.9 Å². The summed E-state index contributed by atoms with van der Waals surface area (Å²) in [6, 6.07) is 16.9. The second kappa shape index (κ2) is 10.4. The molecule has 0 saturated heterocycles. The molecule has 37 heavy (non-hydrogen) atoms. The molecule has 0 spiro atoms. The van der Waals surface area contributed by atoms with Crippen molar-refractivity contribution in [1.82, 2.24) is 4.90 Å². The lowest BCUT2D eigenvalue weighted by Crippen LogP contribution is -2.61. The molecule has 1 atom stereocenters. The van der Waals surface area contributed by atoms with E-state index in [0.29, 0.717) is 27.9 Å². The summed E-state index contributed by atoms with van der Waals surface area (Å²) in [5, 5.41) is 11.0. The number of ether oxygens (including phenoxy) is 1. The van der Waals surface area contributed by atoms with Gasteiger partial charge in [0.15, 0.2) is 0 Å². The summed E-state index contributed by atoms with van der Waals surface area (Å²) in [6.45, 7) is 4.02. The van der Waals surface area contributed by atoms with Crippen LogP contribution in [0.15, 0.2) is 60.7 Å². The molecule has 192 valence electrons. The summed E-state index contributed by atoms with van der Waals surface area (Å²) in [5.74, 6) is -1.64. The summed E-state index contributed by atoms with van der Waals surface area (Å²) < 4.78 is 20.3. The van der Waals surface area contributed by atoms with Gasteiger partial charge >= 0.3 is 0 Å². The van der Waals surface area contributed by atoms with Crippen molar-refractivity contribution in [2.24, 2.45) is 11.5 Å². The zero-order valence-corrected chi connectivity index (χ0v) is 20.8. The van der Waals surface area contributed by atoms with Gasteiger partial charge in [-0.25, -0.2) is 4.39 Å². The molecule has 0 aliphatic carbocycles. The number of hydrogen-bond donors (Lipinski definition) is 4. The van der Waals surface area contributed by atoms with Crippen LogP contribution in [0.1, 0.15) is 45.1 Å². The highest BCUT2D eigenvalue weighted by molar-refractivity contribution is 6.03. The monoisotopic (exact) mass is 503 g/mol. The first kappa shape index (κ1) is 25.8. The third kappa shape index (κ3) is 4.90. The molecule has 1 aliphatic rings. The van der Waals surface area contributed by atoms with Crippen LogP contribution in [-0.2, 0) is 29.0 Å². The largest absolute Gasteiger partial charge is 0.384 e. The lowest BCUT2D eigenvalue weighted by Gasteiger charge is -2.39. The third-order valence-electron chi connectivity index (χ3n) is 6.63. The molecular formula is C28H30FN5O3. The van der Waals surface area contributed by atoms with Gasteiger partial charge in [0.25, 0.3) is 11.8 Å². The normalized spacial score (nSPS) is 14.2. The third-order valence-corrected chi connectivity index (χ3v) is 6.63. The highest BCUT2D eigenvalue weighted by atomic mass is 19.1. The minimum Gasteiger partial charge on any atom is -0.384 e. The number of carbonyl (C=O) groups is 2. The molecule has 0 aromatic heterocycles. The molecule has 0 bridgehead atoms. The molecule has 8 nitrogen and oxygen atoms in total. The first-order valence-electron chi connectivity index (χ1n) is 12.0. The number of hydrogen-bond acceptors (Lipinski definition) is 5. The first-order valence-corrected chi connectivity index (χ1v) is 12.0. The van der Waals surface area contributed by atoms with Gasteiger partial charge in [0.05, 0.1) is 6.54 Å². The smallest absolute Gasteiger partial charge is 0.271 e. The number of amidine groups is 1. The molecule has 1 aliphatic heterocycles. The van der Waals surface area contributed by atoms with Gasteiger partial charge in [-0.3, -0.25) is 19.9 Å². The van der Waals surface area contributed by atoms with E-state index in [1.54, 1.807) is 43.3 Å². The number of carbonyl (C=O) groups excluding carboxylic acids is 2. The lowest BCUT2D eigenvalue weighted by atomic mass is 9.96. The summed E-state index contributed by atoms with van der Waals surface area (Å²) in [7, 11) is 0. The Morgan fingerprint density at radius 3 is 2.54 bits per heavy atom. The van der Waals surface area contributed by atoms with Crippen LogP contribution in [0.4, 0.5) is 10.1 Å². The number of anilines is 1. The standard InChI is InChI=1S/C28H30FN5O3/c1-3-37-28(27(32)36,34-16-21-9-6-7-17(2)24(21)26(34)35)14-19-12-11-18(25(30)31)13-23(19)33-15-20-8-4-5-10-22(20)29/h4-13,33H,3,14-16H2,1-2H3,(H3,30,31)(H2,32,36). The average Bonchev–Trinajstić information content (AvgIpc) is 3.21. The molecule has 0 radical (unpaired) electrons. The minimum absolute atomic E-state index is 0.0628. The Kier molecular flexibility index (Phi) is 7.26. The molecule has 0 fully saturated rings. The van der Waals surface area contributed by atoms with E-state index in [0.717, 1.165) is 11.1 Å². The fourth-order valence-electron chi connectivity index (χ4n) is 4.74. The van der Waals surface area contributed by atoms with E-state index < -0.39 is 11.6 Å². The summed E-state index contributed by atoms with van der Waals surface area (Å²) in [4.78, 5) is 28.0. The van der Waals surface area contributed by atoms with Crippen molar-refractivity contribution in [1.29, 1.82) is 5.41 Å². The van der Waals surface area contributed by atoms with Crippen LogP contribution in [0.2, 0.25) is 0 Å². The fraction of sp³-hybridized carbons (Fsp3) is 0.250. The van der Waals surface area contributed by atoms with E-state index >= 15 is 0 Å². The average molecular weight is 504 g/mol. The Labute approximate surface area is 214 Å². The number of nitrogens with zero attached hydrogens (tertiary/aromatic N) is 1. The quantitative estimate of drug-likeness (QED) is 0.248. The molecule has 1 heterocycles. The zero-order chi connectivity index (χ0) is 26.7. The van der Waals surface area contributed by atoms with Gasteiger partial charge in [-0.05, 0) is 42.7 Å². The highest BCUT2D eigenvalue weighted by Gasteiger charge is 2.50. The van der Waals surface area contributed by atoms with Crippen LogP contribution in [0, 0.1) is 18.2 Å². The van der Waals surface area contributed by atoms with Gasteiger partial charge in [0.2, 0.25) is 5.72 Å². The molecule has 9 heteroatoms. The van der Waals surface area contributed by atoms with Gasteiger partial charge in [0, 0.05) is 42.0 Å². The maximum Gasteiger partial charge on any atom is 0.271 e. The lowest BCUT2D eigenvalue weighted by molar-refractivity contribution is -0.168. The molecule has 6 N–H and O–H groups in total. The van der Waals surface area contributed by atoms with E-state index in [2.05, 4.69) is 5.32 Å². The van der Waals surface area contributed by atoms with Crippen molar-refractivity contribution in [2.45, 2.75) is 39.1 Å². The Morgan fingerprint density at radius 1 is 1.14 bits per heavy atom. The van der Waals surface area contributed by atoms with Crippen LogP contribution in [0.25, 0.3) is 0 Å². The Balaban J connectivity index is 1.75. The molecule has 3 aromatic rings. The number of benzene rings is 3. The van der Waals surface area contributed by atoms with E-state index in [1.165, 1.54) is 11.0 Å². The number of nitrogens with one attached hydrogen (secondary N) is 2. The predicted octanol–water partition coefficient (Wildman–Crippen LogP) is 3.45. The summed E-state index contributed by atoms with van der Waals surface area (Å²) in [6.07, 6.45) is -0.0628. The van der Waals surface area contributed by atoms with Crippen LogP contribution >= 0.6 is 0 Å². The SMILES string of the molecule is CCOC(Cc1ccc(C(=N)N)cc1NCc1ccccc1F)(C(N)=O)N1Cc2cccc(C)c2C1=O. The van der Waals surface area contributed by atoms with Crippen molar-refractivity contribution >= 4 is 23.3 Å². The van der Waals surface area contributed by atoms with Crippen molar-refractivity contribution < 1.29 is 18.7 Å². The predicted molar refractivity (Wildman–Crippen MR) is 139 cm³/mol. The number of halogens is 1. The molecule has 2 amide bonds. The molecule has 4 rings (SSSR count). The first-order chi connectivity index (χ1) is 17.7. The molecule has 1 unspecified atom stereocenters. The Morgan fingerprint density at radius 2 is 1.89 bits per heavy atom. The van der Waals surface area contributed by atoms with E-state index in [1.807, 2.05) is 25.1 Å². The van der Waals surface area contributed by atoms with Crippen LogP contribution < -0.4 is 16.8 Å². The van der Waals surface area contributed by atoms with Gasteiger partial charge < -0.3 is 21.5 Å². The summed E-state index contributed by atoms with van der Waals surface area (Å²) in [5.41, 5.74) is 14.0. The topological polar surface area (TPSA) is 135 Å². The van der Waals surface area contributed by atoms with Crippen molar-refractivity contribution in [3.8, 4) is 0 Å². The number of nitrogens with two attached hydrogens (primary N) is 2. The molecular weight excluding hydrogens is 473 g/mol. The van der Waals surface area contributed by atoms with Crippen molar-refractivity contribution in [3.05, 3.63) is 99.9 Å². The highest BCUT2D eigenvalue weighted by Crippen LogP contribution is 2.36. The van der Waals surface area contributed by atoms with Crippen molar-refractivity contribution in [3.63, 3.8) is 0 Å². The van der Waals surface area contributed by atoms with Gasteiger partial charge in [-0.15, -0.1) is 0 Å². The van der Waals surface area contributed by atoms with Gasteiger partial charge in [-0.1, -0.05) is 48.5 Å². The second-order valence-corrected chi connectivity index (χ2v) is 8.99. The van der Waals surface area contributed by atoms with Gasteiger partial charge in [0.1, 0.15) is 11.7 Å². The minimum atomic E-state index is -1.77. The maximum atomic E-state index is 14.3. The number of rotatable bonds is 10. The Hall–Kier alpha value is -4.24. The zero-order valence-electron chi connectivity index (χ0n) is 20.8. The number of fused-ring (bicyclic) bond motifs is 1. The molecule has 0 saturated carbocycles. The van der Waals surface area contributed by atoms with E-state index in [4.69, 9.17) is 21.6 Å². The number of amides is 2. The number of nitrogen functional groups attached to an aromatic ring is 1. The Bertz CT molecular complexity index is 1380. The maximum absolute atomic E-state index is 14.3. The van der Waals surface area contributed by atoms with Crippen LogP contribution in [-0.4, -0.2) is 34.9 Å². The van der Waals surface area contributed by atoms with Crippen LogP contribution in [0.5, 0.6) is 0 Å². The summed E-state index contributed by atoms with van der Waals surface area (Å²) >= 11 is 0. The number of aryl methyl sites for hydroxylation is 1. The molecule has 3 aromatic carbocycles. The second-order valence-electron chi connectivity index (χ2n) is 8.99. The van der Waals surface area contributed by atoms with Crippen LogP contribution in [0.3, 0.4) is 0 Å². The van der Waals surface area contributed by atoms with E-state index in [-0.39, 0.29) is 43.7 Å². The number of primary amides is 1. The van der Waals surface area contributed by atoms with E-state index in [9.17, 15) is 14.0 Å². The van der Waals surface area contributed by atoms with Gasteiger partial charge in [-0.2, -0.15) is 0 Å².